The van der Waals surface area contributed by atoms with Gasteiger partial charge in [0.2, 0.25) is 5.95 Å². The van der Waals surface area contributed by atoms with Crippen molar-refractivity contribution in [2.45, 2.75) is 24.0 Å². The molecule has 3 rings (SSSR count). The first-order chi connectivity index (χ1) is 10.0. The molecular formula is C13H13FN4O3. The summed E-state index contributed by atoms with van der Waals surface area (Å²) in [4.78, 5) is 7.81. The summed E-state index contributed by atoms with van der Waals surface area (Å²) in [6.45, 7) is -0.684. The van der Waals surface area contributed by atoms with E-state index < -0.39 is 30.6 Å². The number of fused-ring (bicyclic) bond motifs is 1. The van der Waals surface area contributed by atoms with Crippen LogP contribution in [0.1, 0.15) is 11.7 Å². The molecule has 1 aliphatic heterocycles. The number of alkyl halides is 1. The van der Waals surface area contributed by atoms with E-state index in [0.717, 1.165) is 0 Å². The lowest BCUT2D eigenvalue weighted by atomic mass is 9.96. The normalized spacial score (nSPS) is 32.4. The minimum Gasteiger partial charge on any atom is -0.392 e. The lowest BCUT2D eigenvalue weighted by Crippen LogP contribution is -2.44. The van der Waals surface area contributed by atoms with Gasteiger partial charge in [0.25, 0.3) is 0 Å². The Balaban J connectivity index is 2.04. The summed E-state index contributed by atoms with van der Waals surface area (Å²) in [6, 6.07) is 1.56. The zero-order valence-corrected chi connectivity index (χ0v) is 10.8. The predicted octanol–water partition coefficient (Wildman–Crippen LogP) is -0.554. The SMILES string of the molecule is C#C[C@]1(CO)O[C@@H](c2cc3ncnc(N)n3c2)[C@H](F)[C@@H]1O. The minimum atomic E-state index is -1.78. The predicted molar refractivity (Wildman–Crippen MR) is 70.8 cm³/mol. The van der Waals surface area contributed by atoms with Gasteiger partial charge in [-0.1, -0.05) is 5.92 Å². The highest BCUT2D eigenvalue weighted by molar-refractivity contribution is 5.48. The van der Waals surface area contributed by atoms with Gasteiger partial charge in [-0.15, -0.1) is 6.42 Å². The first kappa shape index (κ1) is 13.8. The average molecular weight is 292 g/mol. The average Bonchev–Trinajstić information content (AvgIpc) is 3.02. The highest BCUT2D eigenvalue weighted by atomic mass is 19.1. The van der Waals surface area contributed by atoms with Gasteiger partial charge in [0.15, 0.2) is 11.8 Å². The van der Waals surface area contributed by atoms with E-state index in [4.69, 9.17) is 16.9 Å². The number of aliphatic hydroxyl groups is 2. The Morgan fingerprint density at radius 3 is 2.90 bits per heavy atom. The number of halogens is 1. The third-order valence-corrected chi connectivity index (χ3v) is 3.66. The van der Waals surface area contributed by atoms with Gasteiger partial charge >= 0.3 is 0 Å². The lowest BCUT2D eigenvalue weighted by molar-refractivity contribution is -0.0720. The Hall–Kier alpha value is -2.21. The summed E-state index contributed by atoms with van der Waals surface area (Å²) >= 11 is 0. The smallest absolute Gasteiger partial charge is 0.207 e. The molecule has 1 aliphatic rings. The number of nitrogen functional groups attached to an aromatic ring is 1. The minimum absolute atomic E-state index is 0.186. The van der Waals surface area contributed by atoms with Crippen LogP contribution in [0.5, 0.6) is 0 Å². The maximum Gasteiger partial charge on any atom is 0.207 e. The van der Waals surface area contributed by atoms with Crippen LogP contribution in [0.15, 0.2) is 18.6 Å². The number of terminal acetylenes is 1. The maximum atomic E-state index is 14.3. The quantitative estimate of drug-likeness (QED) is 0.641. The van der Waals surface area contributed by atoms with E-state index in [9.17, 15) is 14.6 Å². The van der Waals surface area contributed by atoms with Crippen LogP contribution in [0.2, 0.25) is 0 Å². The van der Waals surface area contributed by atoms with Crippen LogP contribution in [-0.4, -0.2) is 49.1 Å². The molecule has 1 saturated heterocycles. The molecule has 3 heterocycles. The van der Waals surface area contributed by atoms with Gasteiger partial charge in [-0.2, -0.15) is 0 Å². The molecule has 8 heteroatoms. The number of anilines is 1. The molecule has 110 valence electrons. The Kier molecular flexibility index (Phi) is 3.06. The molecule has 4 atom stereocenters. The number of nitrogens with two attached hydrogens (primary N) is 1. The topological polar surface area (TPSA) is 106 Å². The fraction of sp³-hybridized carbons (Fsp3) is 0.385. The summed E-state index contributed by atoms with van der Waals surface area (Å²) in [7, 11) is 0. The van der Waals surface area contributed by atoms with E-state index in [1.807, 2.05) is 0 Å². The number of ether oxygens (including phenoxy) is 1. The van der Waals surface area contributed by atoms with Crippen LogP contribution < -0.4 is 5.73 Å². The first-order valence-corrected chi connectivity index (χ1v) is 6.19. The van der Waals surface area contributed by atoms with Crippen molar-refractivity contribution < 1.29 is 19.3 Å². The Morgan fingerprint density at radius 1 is 1.57 bits per heavy atom. The van der Waals surface area contributed by atoms with Crippen molar-refractivity contribution in [1.29, 1.82) is 0 Å². The molecule has 0 radical (unpaired) electrons. The van der Waals surface area contributed by atoms with Gasteiger partial charge < -0.3 is 20.7 Å². The summed E-state index contributed by atoms with van der Waals surface area (Å²) in [5, 5.41) is 19.2. The Morgan fingerprint density at radius 2 is 2.33 bits per heavy atom. The number of hydrogen-bond donors (Lipinski definition) is 3. The second-order valence-corrected chi connectivity index (χ2v) is 4.85. The molecule has 0 aliphatic carbocycles. The monoisotopic (exact) mass is 292 g/mol. The molecule has 0 spiro atoms. The zero-order valence-electron chi connectivity index (χ0n) is 10.8. The third-order valence-electron chi connectivity index (χ3n) is 3.66. The van der Waals surface area contributed by atoms with E-state index in [1.54, 1.807) is 6.07 Å². The molecular weight excluding hydrogens is 279 g/mol. The zero-order chi connectivity index (χ0) is 15.2. The van der Waals surface area contributed by atoms with Crippen molar-refractivity contribution in [3.63, 3.8) is 0 Å². The van der Waals surface area contributed by atoms with Gasteiger partial charge in [0.1, 0.15) is 24.2 Å². The molecule has 7 nitrogen and oxygen atoms in total. The number of aromatic nitrogens is 3. The van der Waals surface area contributed by atoms with Gasteiger partial charge in [0, 0.05) is 11.8 Å². The number of rotatable bonds is 2. The van der Waals surface area contributed by atoms with Crippen molar-refractivity contribution >= 4 is 11.6 Å². The maximum absolute atomic E-state index is 14.3. The molecule has 0 amide bonds. The highest BCUT2D eigenvalue weighted by Gasteiger charge is 2.54. The van der Waals surface area contributed by atoms with E-state index in [0.29, 0.717) is 11.2 Å². The van der Waals surface area contributed by atoms with Crippen LogP contribution in [0.4, 0.5) is 10.3 Å². The fourth-order valence-corrected chi connectivity index (χ4v) is 2.45. The molecule has 21 heavy (non-hydrogen) atoms. The molecule has 1 fully saturated rings. The highest BCUT2D eigenvalue weighted by Crippen LogP contribution is 2.42. The van der Waals surface area contributed by atoms with Crippen LogP contribution in [0.25, 0.3) is 5.65 Å². The summed E-state index contributed by atoms with van der Waals surface area (Å²) in [5.74, 6) is 2.32. The first-order valence-electron chi connectivity index (χ1n) is 6.19. The van der Waals surface area contributed by atoms with Crippen molar-refractivity contribution in [3.8, 4) is 12.3 Å². The molecule has 0 aromatic carbocycles. The molecule has 2 aromatic rings. The second-order valence-electron chi connectivity index (χ2n) is 4.85. The fourth-order valence-electron chi connectivity index (χ4n) is 2.45. The molecule has 4 N–H and O–H groups in total. The van der Waals surface area contributed by atoms with Crippen LogP contribution >= 0.6 is 0 Å². The van der Waals surface area contributed by atoms with E-state index in [1.165, 1.54) is 16.9 Å². The van der Waals surface area contributed by atoms with Crippen LogP contribution in [0.3, 0.4) is 0 Å². The lowest BCUT2D eigenvalue weighted by Gasteiger charge is -2.23. The number of hydrogen-bond acceptors (Lipinski definition) is 6. The van der Waals surface area contributed by atoms with Gasteiger partial charge in [-0.05, 0) is 6.07 Å². The van der Waals surface area contributed by atoms with E-state index in [2.05, 4.69) is 15.9 Å². The van der Waals surface area contributed by atoms with E-state index in [-0.39, 0.29) is 5.95 Å². The van der Waals surface area contributed by atoms with Crippen LogP contribution in [0, 0.1) is 12.3 Å². The third kappa shape index (κ3) is 1.86. The Labute approximate surface area is 119 Å². The second kappa shape index (κ2) is 4.66. The van der Waals surface area contributed by atoms with Gasteiger partial charge in [0.05, 0.1) is 6.61 Å². The number of nitrogens with zero attached hydrogens (tertiary/aromatic N) is 3. The summed E-state index contributed by atoms with van der Waals surface area (Å²) < 4.78 is 21.2. The van der Waals surface area contributed by atoms with Crippen molar-refractivity contribution in [3.05, 3.63) is 24.2 Å². The molecule has 0 saturated carbocycles. The largest absolute Gasteiger partial charge is 0.392 e. The summed E-state index contributed by atoms with van der Waals surface area (Å²) in [5.41, 5.74) is 4.80. The van der Waals surface area contributed by atoms with Gasteiger partial charge in [-0.3, -0.25) is 4.40 Å². The number of aliphatic hydroxyl groups excluding tert-OH is 2. The standard InChI is InChI=1S/C13H13FN4O3/c1-2-13(5-19)11(20)9(14)10(21-13)7-3-8-16-6-17-12(15)18(8)4-7/h1,3-4,6,9-11,19-20H,5H2,(H2,15,16,17)/t9-,10-,11-,13+/m0/s1. The molecule has 0 bridgehead atoms. The van der Waals surface area contributed by atoms with Crippen molar-refractivity contribution in [2.75, 3.05) is 12.3 Å². The van der Waals surface area contributed by atoms with Crippen LogP contribution in [-0.2, 0) is 4.74 Å². The van der Waals surface area contributed by atoms with Gasteiger partial charge in [-0.25, -0.2) is 14.4 Å². The molecule has 2 aromatic heterocycles. The Bertz CT molecular complexity index is 728. The van der Waals surface area contributed by atoms with Crippen molar-refractivity contribution in [1.82, 2.24) is 14.4 Å². The van der Waals surface area contributed by atoms with Crippen molar-refractivity contribution in [2.24, 2.45) is 0 Å². The van der Waals surface area contributed by atoms with E-state index >= 15 is 0 Å². The molecule has 0 unspecified atom stereocenters. The summed E-state index contributed by atoms with van der Waals surface area (Å²) in [6.07, 6.45) is 3.54.